The molecule has 0 aromatic rings. The Balaban J connectivity index is 0.00000625. The van der Waals surface area contributed by atoms with Gasteiger partial charge in [-0.15, -0.1) is 24.0 Å². The molecule has 0 aromatic heterocycles. The summed E-state index contributed by atoms with van der Waals surface area (Å²) in [5.41, 5.74) is 0.0489. The van der Waals surface area contributed by atoms with Gasteiger partial charge in [0.05, 0.1) is 25.2 Å². The summed E-state index contributed by atoms with van der Waals surface area (Å²) < 4.78 is 10.7. The van der Waals surface area contributed by atoms with Crippen molar-refractivity contribution in [3.05, 3.63) is 0 Å². The summed E-state index contributed by atoms with van der Waals surface area (Å²) in [6.45, 7) is 12.3. The van der Waals surface area contributed by atoms with Gasteiger partial charge in [0.25, 0.3) is 0 Å². The maximum atomic E-state index is 11.8. The second kappa shape index (κ2) is 12.8. The van der Waals surface area contributed by atoms with Gasteiger partial charge in [0.1, 0.15) is 0 Å². The molecule has 0 amide bonds. The average Bonchev–Trinajstić information content (AvgIpc) is 2.55. The zero-order valence-electron chi connectivity index (χ0n) is 17.3. The topological polar surface area (TPSA) is 72.0 Å². The van der Waals surface area contributed by atoms with E-state index in [1.807, 2.05) is 6.92 Å². The van der Waals surface area contributed by atoms with Gasteiger partial charge < -0.3 is 20.1 Å². The molecule has 0 aliphatic heterocycles. The summed E-state index contributed by atoms with van der Waals surface area (Å²) in [7, 11) is 1.74. The number of carbonyl (C=O) groups is 1. The fourth-order valence-electron chi connectivity index (χ4n) is 3.12. The van der Waals surface area contributed by atoms with Gasteiger partial charge in [-0.1, -0.05) is 20.8 Å². The Hall–Kier alpha value is -0.570. The average molecular weight is 483 g/mol. The highest BCUT2D eigenvalue weighted by Crippen LogP contribution is 2.25. The first kappa shape index (κ1) is 25.4. The molecule has 1 fully saturated rings. The molecule has 26 heavy (non-hydrogen) atoms. The van der Waals surface area contributed by atoms with E-state index in [1.54, 1.807) is 7.11 Å². The molecule has 1 aliphatic carbocycles. The van der Waals surface area contributed by atoms with Crippen LogP contribution in [0.5, 0.6) is 0 Å². The van der Waals surface area contributed by atoms with Crippen LogP contribution < -0.4 is 10.6 Å². The van der Waals surface area contributed by atoms with Crippen LogP contribution in [0.2, 0.25) is 0 Å². The van der Waals surface area contributed by atoms with E-state index in [4.69, 9.17) is 14.5 Å². The summed E-state index contributed by atoms with van der Waals surface area (Å²) in [6, 6.07) is 0.346. The van der Waals surface area contributed by atoms with E-state index in [9.17, 15) is 4.79 Å². The molecule has 7 heteroatoms. The number of nitrogens with zero attached hydrogens (tertiary/aromatic N) is 1. The van der Waals surface area contributed by atoms with Gasteiger partial charge in [0, 0.05) is 19.7 Å². The second-order valence-corrected chi connectivity index (χ2v) is 7.75. The third-order valence-corrected chi connectivity index (χ3v) is 4.70. The van der Waals surface area contributed by atoms with Crippen LogP contribution in [-0.2, 0) is 14.3 Å². The summed E-state index contributed by atoms with van der Waals surface area (Å²) in [5.74, 6) is 0.833. The van der Waals surface area contributed by atoms with Crippen LogP contribution in [0, 0.1) is 11.3 Å². The molecular formula is C19H38IN3O3. The zero-order chi connectivity index (χ0) is 18.9. The molecule has 0 aromatic carbocycles. The van der Waals surface area contributed by atoms with Gasteiger partial charge in [0.15, 0.2) is 5.96 Å². The molecule has 2 N–H and O–H groups in total. The molecule has 0 radical (unpaired) electrons. The van der Waals surface area contributed by atoms with Gasteiger partial charge in [-0.05, 0) is 44.9 Å². The lowest BCUT2D eigenvalue weighted by atomic mass is 9.86. The molecule has 1 rings (SSSR count). The van der Waals surface area contributed by atoms with Gasteiger partial charge in [0.2, 0.25) is 0 Å². The van der Waals surface area contributed by atoms with E-state index >= 15 is 0 Å². The number of methoxy groups -OCH3 is 1. The normalized spacial score (nSPS) is 22.2. The number of rotatable bonds is 7. The van der Waals surface area contributed by atoms with Gasteiger partial charge in [-0.2, -0.15) is 0 Å². The molecule has 1 unspecified atom stereocenters. The highest BCUT2D eigenvalue weighted by atomic mass is 127. The van der Waals surface area contributed by atoms with Crippen molar-refractivity contribution in [2.75, 3.05) is 26.8 Å². The standard InChI is InChI=1S/C19H37N3O3.HI/c1-7-20-18(21-13-16(24-6)19(3,4)5)22-15-11-9-14(10-12-15)17(23)25-8-2;/h14-16H,7-13H2,1-6H3,(H2,20,21,22);1H. The van der Waals surface area contributed by atoms with Crippen LogP contribution in [0.25, 0.3) is 0 Å². The number of esters is 1. The minimum atomic E-state index is -0.0466. The lowest BCUT2D eigenvalue weighted by Crippen LogP contribution is -2.46. The first-order chi connectivity index (χ1) is 11.8. The Morgan fingerprint density at radius 1 is 1.19 bits per heavy atom. The van der Waals surface area contributed by atoms with Crippen molar-refractivity contribution < 1.29 is 14.3 Å². The number of aliphatic imine (C=N–C) groups is 1. The van der Waals surface area contributed by atoms with Crippen LogP contribution in [-0.4, -0.2) is 50.9 Å². The third-order valence-electron chi connectivity index (χ3n) is 4.70. The lowest BCUT2D eigenvalue weighted by molar-refractivity contribution is -0.149. The summed E-state index contributed by atoms with van der Waals surface area (Å²) >= 11 is 0. The van der Waals surface area contributed by atoms with Crippen LogP contribution >= 0.6 is 24.0 Å². The first-order valence-electron chi connectivity index (χ1n) is 9.56. The van der Waals surface area contributed by atoms with Gasteiger partial charge in [-0.25, -0.2) is 0 Å². The molecule has 0 heterocycles. The van der Waals surface area contributed by atoms with E-state index < -0.39 is 0 Å². The molecule has 0 spiro atoms. The van der Waals surface area contributed by atoms with Crippen molar-refractivity contribution in [2.24, 2.45) is 16.3 Å². The molecule has 1 atom stereocenters. The molecule has 0 saturated heterocycles. The van der Waals surface area contributed by atoms with Crippen molar-refractivity contribution >= 4 is 35.9 Å². The molecular weight excluding hydrogens is 445 g/mol. The SMILES string of the molecule is CCNC(=NCC(OC)C(C)(C)C)NC1CCC(C(=O)OCC)CC1.I. The van der Waals surface area contributed by atoms with E-state index in [-0.39, 0.29) is 47.4 Å². The van der Waals surface area contributed by atoms with Crippen molar-refractivity contribution in [3.8, 4) is 0 Å². The number of ether oxygens (including phenoxy) is 2. The smallest absolute Gasteiger partial charge is 0.308 e. The molecule has 154 valence electrons. The number of carbonyl (C=O) groups excluding carboxylic acids is 1. The number of halogens is 1. The van der Waals surface area contributed by atoms with Crippen LogP contribution in [0.3, 0.4) is 0 Å². The summed E-state index contributed by atoms with van der Waals surface area (Å²) in [4.78, 5) is 16.5. The Kier molecular flexibility index (Phi) is 12.5. The molecule has 1 aliphatic rings. The minimum absolute atomic E-state index is 0. The fourth-order valence-corrected chi connectivity index (χ4v) is 3.12. The molecule has 0 bridgehead atoms. The second-order valence-electron chi connectivity index (χ2n) is 7.75. The van der Waals surface area contributed by atoms with Gasteiger partial charge in [-0.3, -0.25) is 9.79 Å². The van der Waals surface area contributed by atoms with Crippen LogP contribution in [0.15, 0.2) is 4.99 Å². The Morgan fingerprint density at radius 2 is 1.81 bits per heavy atom. The zero-order valence-corrected chi connectivity index (χ0v) is 19.6. The number of hydrogen-bond donors (Lipinski definition) is 2. The van der Waals surface area contributed by atoms with Crippen LogP contribution in [0.4, 0.5) is 0 Å². The van der Waals surface area contributed by atoms with E-state index in [0.29, 0.717) is 19.2 Å². The highest BCUT2D eigenvalue weighted by Gasteiger charge is 2.28. The van der Waals surface area contributed by atoms with Gasteiger partial charge >= 0.3 is 5.97 Å². The Bertz CT molecular complexity index is 430. The Morgan fingerprint density at radius 3 is 2.27 bits per heavy atom. The minimum Gasteiger partial charge on any atom is -0.466 e. The fraction of sp³-hybridized carbons (Fsp3) is 0.895. The number of guanidine groups is 1. The monoisotopic (exact) mass is 483 g/mol. The van der Waals surface area contributed by atoms with E-state index in [2.05, 4.69) is 38.3 Å². The van der Waals surface area contributed by atoms with Crippen molar-refractivity contribution in [2.45, 2.75) is 72.4 Å². The number of nitrogens with one attached hydrogen (secondary N) is 2. The van der Waals surface area contributed by atoms with E-state index in [0.717, 1.165) is 38.2 Å². The largest absolute Gasteiger partial charge is 0.466 e. The molecule has 1 saturated carbocycles. The summed E-state index contributed by atoms with van der Waals surface area (Å²) in [5, 5.41) is 6.82. The molecule has 6 nitrogen and oxygen atoms in total. The van der Waals surface area contributed by atoms with Crippen LogP contribution in [0.1, 0.15) is 60.3 Å². The lowest BCUT2D eigenvalue weighted by Gasteiger charge is -2.30. The quantitative estimate of drug-likeness (QED) is 0.252. The predicted octanol–water partition coefficient (Wildman–Crippen LogP) is 3.34. The third kappa shape index (κ3) is 8.88. The maximum absolute atomic E-state index is 11.8. The number of hydrogen-bond acceptors (Lipinski definition) is 4. The summed E-state index contributed by atoms with van der Waals surface area (Å²) in [6.07, 6.45) is 3.74. The predicted molar refractivity (Wildman–Crippen MR) is 117 cm³/mol. The Labute approximate surface area is 176 Å². The highest BCUT2D eigenvalue weighted by molar-refractivity contribution is 14.0. The van der Waals surface area contributed by atoms with Crippen molar-refractivity contribution in [3.63, 3.8) is 0 Å². The van der Waals surface area contributed by atoms with Crippen molar-refractivity contribution in [1.29, 1.82) is 0 Å². The maximum Gasteiger partial charge on any atom is 0.308 e. The van der Waals surface area contributed by atoms with E-state index in [1.165, 1.54) is 0 Å². The first-order valence-corrected chi connectivity index (χ1v) is 9.56. The van der Waals surface area contributed by atoms with Crippen molar-refractivity contribution in [1.82, 2.24) is 10.6 Å².